The maximum Gasteiger partial charge on any atom is 0.326 e. The van der Waals surface area contributed by atoms with Crippen LogP contribution in [-0.4, -0.2) is 43.3 Å². The second-order valence-corrected chi connectivity index (χ2v) is 12.0. The number of hydrogen-bond acceptors (Lipinski definition) is 5. The molecule has 0 heterocycles. The van der Waals surface area contributed by atoms with Gasteiger partial charge < -0.3 is 15.2 Å². The van der Waals surface area contributed by atoms with Gasteiger partial charge in [0.15, 0.2) is 14.6 Å². The van der Waals surface area contributed by atoms with E-state index in [1.165, 1.54) is 6.07 Å². The molecule has 8 heteroatoms. The number of hydrogen-bond donors (Lipinski definition) is 2. The Morgan fingerprint density at radius 2 is 1.58 bits per heavy atom. The molecule has 1 atom stereocenters. The molecule has 38 heavy (non-hydrogen) atoms. The first-order valence-corrected chi connectivity index (χ1v) is 14.2. The van der Waals surface area contributed by atoms with E-state index in [9.17, 15) is 23.1 Å². The van der Waals surface area contributed by atoms with Crippen LogP contribution in [0.4, 0.5) is 0 Å². The van der Waals surface area contributed by atoms with Crippen molar-refractivity contribution in [1.29, 1.82) is 0 Å². The maximum absolute atomic E-state index is 13.9. The van der Waals surface area contributed by atoms with Crippen LogP contribution in [-0.2, 0) is 25.8 Å². The Bertz CT molecular complexity index is 1410. The lowest BCUT2D eigenvalue weighted by molar-refractivity contribution is -0.142. The Labute approximate surface area is 223 Å². The quantitative estimate of drug-likeness (QED) is 0.401. The zero-order valence-electron chi connectivity index (χ0n) is 21.6. The van der Waals surface area contributed by atoms with Gasteiger partial charge in [0.05, 0.1) is 12.0 Å². The zero-order valence-corrected chi connectivity index (χ0v) is 22.5. The fourth-order valence-electron chi connectivity index (χ4n) is 5.24. The molecule has 0 spiro atoms. The summed E-state index contributed by atoms with van der Waals surface area (Å²) in [5, 5.41) is 12.5. The minimum Gasteiger partial charge on any atom is -0.496 e. The summed E-state index contributed by atoms with van der Waals surface area (Å²) in [5.41, 5.74) is 3.09. The first-order valence-electron chi connectivity index (χ1n) is 12.8. The Morgan fingerprint density at radius 1 is 0.947 bits per heavy atom. The molecule has 0 radical (unpaired) electrons. The number of carbonyl (C=O) groups excluding carboxylic acids is 1. The Morgan fingerprint density at radius 3 is 2.21 bits per heavy atom. The number of benzene rings is 3. The molecule has 0 saturated heterocycles. The van der Waals surface area contributed by atoms with Crippen LogP contribution in [0.3, 0.4) is 0 Å². The fourth-order valence-corrected chi connectivity index (χ4v) is 7.54. The summed E-state index contributed by atoms with van der Waals surface area (Å²) >= 11 is 0. The molecule has 0 aliphatic heterocycles. The molecule has 1 fully saturated rings. The van der Waals surface area contributed by atoms with Gasteiger partial charge in [-0.3, -0.25) is 4.79 Å². The van der Waals surface area contributed by atoms with Gasteiger partial charge >= 0.3 is 5.97 Å². The minimum atomic E-state index is -4.06. The van der Waals surface area contributed by atoms with Gasteiger partial charge in [-0.15, -0.1) is 0 Å². The summed E-state index contributed by atoms with van der Waals surface area (Å²) in [6, 6.07) is 20.3. The summed E-state index contributed by atoms with van der Waals surface area (Å²) < 4.78 is 31.5. The first kappa shape index (κ1) is 27.4. The van der Waals surface area contributed by atoms with E-state index in [1.807, 2.05) is 48.5 Å². The molecule has 7 nitrogen and oxygen atoms in total. The topological polar surface area (TPSA) is 110 Å². The minimum absolute atomic E-state index is 0.0216. The molecule has 1 aliphatic carbocycles. The number of aryl methyl sites for hydroxylation is 1. The van der Waals surface area contributed by atoms with Crippen LogP contribution in [0.5, 0.6) is 5.75 Å². The monoisotopic (exact) mass is 535 g/mol. The molecule has 1 saturated carbocycles. The summed E-state index contributed by atoms with van der Waals surface area (Å²) in [6.45, 7) is 1.70. The maximum atomic E-state index is 13.9. The summed E-state index contributed by atoms with van der Waals surface area (Å²) in [4.78, 5) is 26.0. The number of rotatable bonds is 9. The highest BCUT2D eigenvalue weighted by Gasteiger charge is 2.52. The van der Waals surface area contributed by atoms with Crippen LogP contribution in [0, 0.1) is 6.92 Å². The van der Waals surface area contributed by atoms with E-state index in [4.69, 9.17) is 4.74 Å². The average molecular weight is 536 g/mol. The van der Waals surface area contributed by atoms with Crippen LogP contribution in [0.15, 0.2) is 77.7 Å². The SMILES string of the molecule is COc1ccccc1-c1ccc(C[C@H](NC(=O)C2(S(=O)(=O)c3ccccc3C)CCCCC2)C(=O)O)cc1. The highest BCUT2D eigenvalue weighted by Crippen LogP contribution is 2.40. The van der Waals surface area contributed by atoms with Crippen molar-refractivity contribution < 1.29 is 27.9 Å². The lowest BCUT2D eigenvalue weighted by Crippen LogP contribution is -2.57. The second-order valence-electron chi connectivity index (χ2n) is 9.79. The van der Waals surface area contributed by atoms with Crippen LogP contribution in [0.2, 0.25) is 0 Å². The number of sulfone groups is 1. The molecule has 4 rings (SSSR count). The number of nitrogens with one attached hydrogen (secondary N) is 1. The van der Waals surface area contributed by atoms with E-state index in [0.717, 1.165) is 23.3 Å². The van der Waals surface area contributed by atoms with Crippen LogP contribution in [0.25, 0.3) is 11.1 Å². The number of amides is 1. The summed E-state index contributed by atoms with van der Waals surface area (Å²) in [5.74, 6) is -1.23. The molecular formula is C30H33NO6S. The van der Waals surface area contributed by atoms with Gasteiger partial charge in [0, 0.05) is 12.0 Å². The number of carbonyl (C=O) groups is 2. The van der Waals surface area contributed by atoms with Gasteiger partial charge in [-0.2, -0.15) is 0 Å². The van der Waals surface area contributed by atoms with Crippen LogP contribution in [0.1, 0.15) is 43.2 Å². The highest BCUT2D eigenvalue weighted by atomic mass is 32.2. The van der Waals surface area contributed by atoms with Gasteiger partial charge in [0.2, 0.25) is 5.91 Å². The smallest absolute Gasteiger partial charge is 0.326 e. The third-order valence-electron chi connectivity index (χ3n) is 7.39. The van der Waals surface area contributed by atoms with Crippen molar-refractivity contribution in [3.63, 3.8) is 0 Å². The van der Waals surface area contributed by atoms with Gasteiger partial charge in [-0.05, 0) is 48.6 Å². The van der Waals surface area contributed by atoms with Crippen molar-refractivity contribution in [2.24, 2.45) is 0 Å². The number of methoxy groups -OCH3 is 1. The van der Waals surface area contributed by atoms with Gasteiger partial charge in [0.25, 0.3) is 0 Å². The van der Waals surface area contributed by atoms with Crippen LogP contribution < -0.4 is 10.1 Å². The number of ether oxygens (including phenoxy) is 1. The van der Waals surface area contributed by atoms with E-state index in [2.05, 4.69) is 5.32 Å². The second kappa shape index (κ2) is 11.4. The molecule has 3 aromatic carbocycles. The molecule has 0 bridgehead atoms. The molecule has 3 aromatic rings. The third-order valence-corrected chi connectivity index (χ3v) is 10.0. The molecule has 0 aromatic heterocycles. The van der Waals surface area contributed by atoms with Gasteiger partial charge in [-0.1, -0.05) is 79.9 Å². The van der Waals surface area contributed by atoms with E-state index in [1.54, 1.807) is 32.2 Å². The number of carboxylic acids is 1. The van der Waals surface area contributed by atoms with Crippen molar-refractivity contribution in [2.75, 3.05) is 7.11 Å². The van der Waals surface area contributed by atoms with E-state index in [0.29, 0.717) is 24.0 Å². The standard InChI is InChI=1S/C30H33NO6S/c1-21-10-4-7-13-27(21)38(35,36)30(18-8-3-9-19-30)29(34)31-25(28(32)33)20-22-14-16-23(17-15-22)24-11-5-6-12-26(24)37-2/h4-7,10-17,25H,3,8-9,18-20H2,1-2H3,(H,31,34)(H,32,33)/t25-/m0/s1. The molecular weight excluding hydrogens is 502 g/mol. The fraction of sp³-hybridized carbons (Fsp3) is 0.333. The molecule has 0 unspecified atom stereocenters. The zero-order chi connectivity index (χ0) is 27.3. The van der Waals surface area contributed by atoms with Gasteiger partial charge in [0.1, 0.15) is 11.8 Å². The van der Waals surface area contributed by atoms with Crippen molar-refractivity contribution in [3.05, 3.63) is 83.9 Å². The Kier molecular flexibility index (Phi) is 8.21. The number of aliphatic carboxylic acids is 1. The predicted octanol–water partition coefficient (Wildman–Crippen LogP) is 4.96. The average Bonchev–Trinajstić information content (AvgIpc) is 2.93. The molecule has 2 N–H and O–H groups in total. The lowest BCUT2D eigenvalue weighted by atomic mass is 9.87. The normalized spacial score (nSPS) is 15.8. The van der Waals surface area contributed by atoms with Crippen molar-refractivity contribution in [2.45, 2.75) is 61.1 Å². The first-order chi connectivity index (χ1) is 18.2. The van der Waals surface area contributed by atoms with Crippen molar-refractivity contribution in [1.82, 2.24) is 5.32 Å². The van der Waals surface area contributed by atoms with E-state index in [-0.39, 0.29) is 24.2 Å². The lowest BCUT2D eigenvalue weighted by Gasteiger charge is -2.36. The molecule has 1 amide bonds. The highest BCUT2D eigenvalue weighted by molar-refractivity contribution is 7.93. The Balaban J connectivity index is 1.59. The molecule has 200 valence electrons. The van der Waals surface area contributed by atoms with E-state index < -0.39 is 32.5 Å². The van der Waals surface area contributed by atoms with Gasteiger partial charge in [-0.25, -0.2) is 13.2 Å². The Hall–Kier alpha value is -3.65. The largest absolute Gasteiger partial charge is 0.496 e. The van der Waals surface area contributed by atoms with Crippen LogP contribution >= 0.6 is 0 Å². The summed E-state index contributed by atoms with van der Waals surface area (Å²) in [6.07, 6.45) is 2.35. The van der Waals surface area contributed by atoms with E-state index >= 15 is 0 Å². The third kappa shape index (κ3) is 5.31. The number of para-hydroxylation sites is 1. The molecule has 1 aliphatic rings. The number of carboxylic acid groups (broad SMARTS) is 1. The van der Waals surface area contributed by atoms with Crippen molar-refractivity contribution >= 4 is 21.7 Å². The predicted molar refractivity (Wildman–Crippen MR) is 146 cm³/mol. The summed E-state index contributed by atoms with van der Waals surface area (Å²) in [7, 11) is -2.45. The van der Waals surface area contributed by atoms with Crippen molar-refractivity contribution in [3.8, 4) is 16.9 Å².